The van der Waals surface area contributed by atoms with Crippen LogP contribution in [-0.4, -0.2) is 19.3 Å². The maximum atomic E-state index is 11.7. The highest BCUT2D eigenvalue weighted by molar-refractivity contribution is 5.91. The molecular weight excluding hydrogens is 476 g/mol. The first-order chi connectivity index (χ1) is 18.5. The first-order valence-electron chi connectivity index (χ1n) is 12.0. The molecule has 0 bridgehead atoms. The highest BCUT2D eigenvalue weighted by Crippen LogP contribution is 2.42. The van der Waals surface area contributed by atoms with Gasteiger partial charge >= 0.3 is 5.97 Å². The number of aliphatic imine (C=N–C) groups is 1. The normalized spacial score (nSPS) is 11.0. The van der Waals surface area contributed by atoms with Crippen molar-refractivity contribution in [3.63, 3.8) is 0 Å². The zero-order valence-electron chi connectivity index (χ0n) is 21.2. The fraction of sp³-hybridized carbons (Fsp3) is 0.0938. The predicted molar refractivity (Wildman–Crippen MR) is 147 cm³/mol. The summed E-state index contributed by atoms with van der Waals surface area (Å²) in [6.45, 7) is 4.04. The number of carbonyl (C=O) groups excluding carboxylic acids is 1. The molecule has 0 aliphatic rings. The van der Waals surface area contributed by atoms with Crippen molar-refractivity contribution in [1.82, 2.24) is 0 Å². The molecule has 0 radical (unpaired) electrons. The highest BCUT2D eigenvalue weighted by atomic mass is 16.5. The Labute approximate surface area is 220 Å². The molecule has 2 aromatic heterocycles. The van der Waals surface area contributed by atoms with Gasteiger partial charge in [0.1, 0.15) is 28.9 Å². The zero-order valence-corrected chi connectivity index (χ0v) is 21.2. The van der Waals surface area contributed by atoms with Gasteiger partial charge in [-0.25, -0.2) is 9.79 Å². The molecule has 186 valence electrons. The van der Waals surface area contributed by atoms with Gasteiger partial charge in [0.2, 0.25) is 5.88 Å². The van der Waals surface area contributed by atoms with Gasteiger partial charge in [0.15, 0.2) is 0 Å². The molecule has 0 amide bonds. The van der Waals surface area contributed by atoms with E-state index in [4.69, 9.17) is 13.6 Å². The number of hydrogen-bond donors (Lipinski definition) is 0. The molecule has 0 fully saturated rings. The SMILES string of the molecule is COC(=O)c1ccc(-c2ccc(C=Nc3oc(-c4ccc(C)cc4)c(-c4ccc(C)cc4)c3C#N)o2)cc1. The molecule has 0 aliphatic carbocycles. The third-order valence-corrected chi connectivity index (χ3v) is 6.18. The molecule has 2 heterocycles. The van der Waals surface area contributed by atoms with Crippen LogP contribution >= 0.6 is 0 Å². The largest absolute Gasteiger partial charge is 0.465 e. The van der Waals surface area contributed by atoms with Crippen molar-refractivity contribution in [3.8, 4) is 39.8 Å². The monoisotopic (exact) mass is 500 g/mol. The average molecular weight is 501 g/mol. The number of nitriles is 1. The Morgan fingerprint density at radius 2 is 1.42 bits per heavy atom. The van der Waals surface area contributed by atoms with E-state index in [1.165, 1.54) is 13.3 Å². The fourth-order valence-electron chi connectivity index (χ4n) is 4.11. The Bertz CT molecular complexity index is 1660. The van der Waals surface area contributed by atoms with Crippen LogP contribution in [0.1, 0.15) is 32.8 Å². The van der Waals surface area contributed by atoms with Crippen LogP contribution in [0.4, 0.5) is 5.88 Å². The van der Waals surface area contributed by atoms with E-state index >= 15 is 0 Å². The van der Waals surface area contributed by atoms with E-state index in [0.717, 1.165) is 27.8 Å². The minimum Gasteiger partial charge on any atom is -0.465 e. The quantitative estimate of drug-likeness (QED) is 0.175. The van der Waals surface area contributed by atoms with Crippen molar-refractivity contribution >= 4 is 18.1 Å². The minimum absolute atomic E-state index is 0.207. The lowest BCUT2D eigenvalue weighted by molar-refractivity contribution is 0.0600. The zero-order chi connectivity index (χ0) is 26.6. The summed E-state index contributed by atoms with van der Waals surface area (Å²) in [4.78, 5) is 16.2. The van der Waals surface area contributed by atoms with Gasteiger partial charge in [-0.05, 0) is 43.7 Å². The topological polar surface area (TPSA) is 88.7 Å². The van der Waals surface area contributed by atoms with Crippen LogP contribution in [0.3, 0.4) is 0 Å². The molecule has 0 spiro atoms. The number of rotatable bonds is 6. The van der Waals surface area contributed by atoms with Crippen molar-refractivity contribution in [2.24, 2.45) is 4.99 Å². The summed E-state index contributed by atoms with van der Waals surface area (Å²) in [5, 5.41) is 10.1. The molecule has 0 unspecified atom stereocenters. The average Bonchev–Trinajstić information content (AvgIpc) is 3.57. The van der Waals surface area contributed by atoms with Crippen LogP contribution in [0.15, 0.2) is 98.8 Å². The van der Waals surface area contributed by atoms with Gasteiger partial charge in [-0.15, -0.1) is 0 Å². The van der Waals surface area contributed by atoms with Crippen molar-refractivity contribution in [2.45, 2.75) is 13.8 Å². The minimum atomic E-state index is -0.398. The number of methoxy groups -OCH3 is 1. The second-order valence-electron chi connectivity index (χ2n) is 8.86. The van der Waals surface area contributed by atoms with E-state index in [2.05, 4.69) is 11.1 Å². The predicted octanol–water partition coefficient (Wildman–Crippen LogP) is 7.90. The van der Waals surface area contributed by atoms with Crippen LogP contribution in [0.5, 0.6) is 0 Å². The molecule has 0 N–H and O–H groups in total. The fourth-order valence-corrected chi connectivity index (χ4v) is 4.11. The highest BCUT2D eigenvalue weighted by Gasteiger charge is 2.23. The van der Waals surface area contributed by atoms with Crippen LogP contribution < -0.4 is 0 Å². The van der Waals surface area contributed by atoms with Crippen LogP contribution in [-0.2, 0) is 4.74 Å². The van der Waals surface area contributed by atoms with Gasteiger partial charge in [0.05, 0.1) is 18.9 Å². The lowest BCUT2D eigenvalue weighted by Gasteiger charge is -2.05. The molecule has 0 saturated heterocycles. The van der Waals surface area contributed by atoms with Gasteiger partial charge < -0.3 is 13.6 Å². The van der Waals surface area contributed by atoms with Crippen molar-refractivity contribution in [2.75, 3.05) is 7.11 Å². The number of hydrogen-bond acceptors (Lipinski definition) is 6. The Balaban J connectivity index is 1.51. The third-order valence-electron chi connectivity index (χ3n) is 6.18. The van der Waals surface area contributed by atoms with Crippen LogP contribution in [0.2, 0.25) is 0 Å². The molecule has 6 heteroatoms. The summed E-state index contributed by atoms with van der Waals surface area (Å²) in [7, 11) is 1.35. The summed E-state index contributed by atoms with van der Waals surface area (Å²) >= 11 is 0. The number of benzene rings is 3. The number of nitrogens with zero attached hydrogens (tertiary/aromatic N) is 2. The van der Waals surface area contributed by atoms with E-state index in [0.29, 0.717) is 34.0 Å². The molecule has 3 aromatic carbocycles. The Morgan fingerprint density at radius 3 is 2.03 bits per heavy atom. The van der Waals surface area contributed by atoms with E-state index in [-0.39, 0.29) is 5.88 Å². The van der Waals surface area contributed by atoms with Gasteiger partial charge in [0, 0.05) is 16.7 Å². The summed E-state index contributed by atoms with van der Waals surface area (Å²) in [5.74, 6) is 1.50. The Morgan fingerprint density at radius 1 is 0.816 bits per heavy atom. The second-order valence-corrected chi connectivity index (χ2v) is 8.86. The maximum absolute atomic E-state index is 11.7. The molecule has 0 saturated carbocycles. The Hall–Kier alpha value is -5.15. The summed E-state index contributed by atoms with van der Waals surface area (Å²) in [6, 6.07) is 28.8. The number of ether oxygens (including phenoxy) is 1. The lowest BCUT2D eigenvalue weighted by atomic mass is 9.97. The number of carbonyl (C=O) groups is 1. The molecule has 0 aliphatic heterocycles. The van der Waals surface area contributed by atoms with Crippen LogP contribution in [0, 0.1) is 25.2 Å². The van der Waals surface area contributed by atoms with Gasteiger partial charge in [-0.1, -0.05) is 71.8 Å². The molecule has 0 atom stereocenters. The van der Waals surface area contributed by atoms with Gasteiger partial charge in [-0.3, -0.25) is 0 Å². The molecule has 5 aromatic rings. The van der Waals surface area contributed by atoms with Crippen molar-refractivity contribution in [3.05, 3.63) is 113 Å². The van der Waals surface area contributed by atoms with E-state index in [1.54, 1.807) is 30.3 Å². The number of furan rings is 2. The molecule has 5 rings (SSSR count). The first-order valence-corrected chi connectivity index (χ1v) is 12.0. The summed E-state index contributed by atoms with van der Waals surface area (Å²) in [6.07, 6.45) is 1.53. The molecule has 38 heavy (non-hydrogen) atoms. The summed E-state index contributed by atoms with van der Waals surface area (Å²) in [5.41, 5.74) is 6.31. The molecular formula is C32H24N2O4. The second kappa shape index (κ2) is 10.5. The van der Waals surface area contributed by atoms with Crippen molar-refractivity contribution < 1.29 is 18.4 Å². The first kappa shape index (κ1) is 24.5. The van der Waals surface area contributed by atoms with E-state index in [1.807, 2.05) is 68.4 Å². The van der Waals surface area contributed by atoms with Gasteiger partial charge in [-0.2, -0.15) is 5.26 Å². The van der Waals surface area contributed by atoms with E-state index < -0.39 is 5.97 Å². The third kappa shape index (κ3) is 4.91. The Kier molecular flexibility index (Phi) is 6.75. The van der Waals surface area contributed by atoms with E-state index in [9.17, 15) is 10.1 Å². The number of esters is 1. The van der Waals surface area contributed by atoms with Crippen LogP contribution in [0.25, 0.3) is 33.8 Å². The number of aryl methyl sites for hydroxylation is 2. The molecule has 6 nitrogen and oxygen atoms in total. The smallest absolute Gasteiger partial charge is 0.337 e. The lowest BCUT2D eigenvalue weighted by Crippen LogP contribution is -2.00. The standard InChI is InChI=1S/C32H24N2O4/c1-20-4-8-23(9-5-20)29-27(18-33)31(38-30(29)24-10-6-21(2)7-11-24)34-19-26-16-17-28(37-26)22-12-14-25(15-13-22)32(35)36-3/h4-17,19H,1-3H3. The maximum Gasteiger partial charge on any atom is 0.337 e. The van der Waals surface area contributed by atoms with Gasteiger partial charge in [0.25, 0.3) is 0 Å². The van der Waals surface area contributed by atoms with Crippen molar-refractivity contribution in [1.29, 1.82) is 5.26 Å². The summed E-state index contributed by atoms with van der Waals surface area (Å²) < 4.78 is 16.9.